The molecular formula is C17H24N4OS2. The first-order valence-corrected chi connectivity index (χ1v) is 9.51. The minimum absolute atomic E-state index is 0.00624. The molecule has 1 amide bonds. The number of aryl methyl sites for hydroxylation is 1. The Morgan fingerprint density at radius 3 is 2.62 bits per heavy atom. The molecule has 0 fully saturated rings. The van der Waals surface area contributed by atoms with Gasteiger partial charge in [-0.1, -0.05) is 35.2 Å². The summed E-state index contributed by atoms with van der Waals surface area (Å²) in [6, 6.07) is 6.12. The number of nitrogens with zero attached hydrogens (tertiary/aromatic N) is 2. The van der Waals surface area contributed by atoms with Crippen molar-refractivity contribution in [1.29, 1.82) is 0 Å². The van der Waals surface area contributed by atoms with E-state index >= 15 is 0 Å². The van der Waals surface area contributed by atoms with Gasteiger partial charge in [0.2, 0.25) is 11.0 Å². The van der Waals surface area contributed by atoms with E-state index in [0.29, 0.717) is 0 Å². The zero-order valence-electron chi connectivity index (χ0n) is 14.9. The van der Waals surface area contributed by atoms with Gasteiger partial charge in [-0.2, -0.15) is 0 Å². The fraction of sp³-hybridized carbons (Fsp3) is 0.471. The average Bonchev–Trinajstić information content (AvgIpc) is 2.89. The Hall–Kier alpha value is -1.60. The molecule has 1 unspecified atom stereocenters. The first kappa shape index (κ1) is 18.7. The van der Waals surface area contributed by atoms with Gasteiger partial charge in [0.05, 0.1) is 5.25 Å². The Kier molecular flexibility index (Phi) is 5.87. The van der Waals surface area contributed by atoms with Crippen molar-refractivity contribution >= 4 is 39.8 Å². The highest BCUT2D eigenvalue weighted by molar-refractivity contribution is 8.02. The van der Waals surface area contributed by atoms with Crippen molar-refractivity contribution in [1.82, 2.24) is 15.5 Å². The maximum absolute atomic E-state index is 12.2. The lowest BCUT2D eigenvalue weighted by molar-refractivity contribution is -0.121. The van der Waals surface area contributed by atoms with Crippen LogP contribution < -0.4 is 10.6 Å². The normalized spacial score (nSPS) is 12.8. The molecule has 0 spiro atoms. The number of carbonyl (C=O) groups excluding carboxylic acids is 1. The molecule has 0 radical (unpaired) electrons. The Morgan fingerprint density at radius 2 is 1.96 bits per heavy atom. The van der Waals surface area contributed by atoms with Crippen molar-refractivity contribution in [3.63, 3.8) is 0 Å². The van der Waals surface area contributed by atoms with Crippen LogP contribution in [0.1, 0.15) is 38.8 Å². The lowest BCUT2D eigenvalue weighted by atomic mass is 10.1. The molecule has 0 aliphatic carbocycles. The van der Waals surface area contributed by atoms with E-state index in [1.165, 1.54) is 34.2 Å². The van der Waals surface area contributed by atoms with Crippen molar-refractivity contribution in [2.24, 2.45) is 0 Å². The molecular weight excluding hydrogens is 340 g/mol. The summed E-state index contributed by atoms with van der Waals surface area (Å²) in [6.07, 6.45) is 0. The number of carbonyl (C=O) groups is 1. The maximum atomic E-state index is 12.2. The molecule has 0 saturated heterocycles. The molecule has 130 valence electrons. The van der Waals surface area contributed by atoms with Crippen molar-refractivity contribution < 1.29 is 4.79 Å². The number of hydrogen-bond donors (Lipinski definition) is 2. The van der Waals surface area contributed by atoms with Crippen LogP contribution in [0.15, 0.2) is 22.5 Å². The third-order valence-corrected chi connectivity index (χ3v) is 5.42. The van der Waals surface area contributed by atoms with Crippen LogP contribution in [0.4, 0.5) is 10.8 Å². The van der Waals surface area contributed by atoms with Crippen LogP contribution in [0.3, 0.4) is 0 Å². The highest BCUT2D eigenvalue weighted by Gasteiger charge is 2.21. The number of benzene rings is 1. The van der Waals surface area contributed by atoms with E-state index in [2.05, 4.69) is 40.7 Å². The van der Waals surface area contributed by atoms with Gasteiger partial charge in [0, 0.05) is 11.2 Å². The summed E-state index contributed by atoms with van der Waals surface area (Å²) in [5, 5.41) is 15.1. The Labute approximate surface area is 151 Å². The maximum Gasteiger partial charge on any atom is 0.233 e. The van der Waals surface area contributed by atoms with E-state index in [0.717, 1.165) is 15.2 Å². The number of nitrogens with one attached hydrogen (secondary N) is 2. The van der Waals surface area contributed by atoms with Gasteiger partial charge in [-0.05, 0) is 58.7 Å². The number of amides is 1. The Bertz CT molecular complexity index is 722. The van der Waals surface area contributed by atoms with Crippen LogP contribution in [0.2, 0.25) is 0 Å². The minimum atomic E-state index is -0.234. The standard InChI is InChI=1S/C17H24N4OS2/c1-10-8-7-9-13(11(10)2)18-15-20-21-16(24-15)23-12(3)14(22)19-17(4,5)6/h7-9,12H,1-6H3,(H,18,20)(H,19,22). The van der Waals surface area contributed by atoms with Gasteiger partial charge in [0.15, 0.2) is 4.34 Å². The number of hydrogen-bond acceptors (Lipinski definition) is 6. The van der Waals surface area contributed by atoms with E-state index in [1.807, 2.05) is 39.8 Å². The summed E-state index contributed by atoms with van der Waals surface area (Å²) in [7, 11) is 0. The van der Waals surface area contributed by atoms with Crippen LogP contribution in [0, 0.1) is 13.8 Å². The van der Waals surface area contributed by atoms with Crippen molar-refractivity contribution in [2.45, 2.75) is 56.7 Å². The molecule has 2 N–H and O–H groups in total. The van der Waals surface area contributed by atoms with Crippen LogP contribution in [-0.4, -0.2) is 26.9 Å². The van der Waals surface area contributed by atoms with Gasteiger partial charge < -0.3 is 10.6 Å². The van der Waals surface area contributed by atoms with Crippen molar-refractivity contribution in [2.75, 3.05) is 5.32 Å². The monoisotopic (exact) mass is 364 g/mol. The van der Waals surface area contributed by atoms with Gasteiger partial charge in [-0.3, -0.25) is 4.79 Å². The average molecular weight is 365 g/mol. The lowest BCUT2D eigenvalue weighted by Gasteiger charge is -2.22. The summed E-state index contributed by atoms with van der Waals surface area (Å²) in [5.74, 6) is 0.00624. The van der Waals surface area contributed by atoms with Crippen LogP contribution in [-0.2, 0) is 4.79 Å². The molecule has 1 aromatic heterocycles. The SMILES string of the molecule is Cc1cccc(Nc2nnc(SC(C)C(=O)NC(C)(C)C)s2)c1C. The molecule has 1 aromatic carbocycles. The third-order valence-electron chi connectivity index (χ3n) is 3.40. The molecule has 7 heteroatoms. The third kappa shape index (κ3) is 5.21. The predicted molar refractivity (Wildman–Crippen MR) is 102 cm³/mol. The summed E-state index contributed by atoms with van der Waals surface area (Å²) in [5.41, 5.74) is 3.22. The predicted octanol–water partition coefficient (Wildman–Crippen LogP) is 4.29. The fourth-order valence-corrected chi connectivity index (χ4v) is 3.89. The van der Waals surface area contributed by atoms with E-state index in [4.69, 9.17) is 0 Å². The second kappa shape index (κ2) is 7.53. The van der Waals surface area contributed by atoms with E-state index in [1.54, 1.807) is 0 Å². The molecule has 1 heterocycles. The topological polar surface area (TPSA) is 66.9 Å². The lowest BCUT2D eigenvalue weighted by Crippen LogP contribution is -2.44. The molecule has 0 bridgehead atoms. The van der Waals surface area contributed by atoms with Crippen LogP contribution in [0.25, 0.3) is 0 Å². The molecule has 0 saturated carbocycles. The largest absolute Gasteiger partial charge is 0.351 e. The molecule has 24 heavy (non-hydrogen) atoms. The number of anilines is 2. The summed E-state index contributed by atoms with van der Waals surface area (Å²) in [4.78, 5) is 12.2. The van der Waals surface area contributed by atoms with E-state index < -0.39 is 0 Å². The van der Waals surface area contributed by atoms with Gasteiger partial charge in [0.25, 0.3) is 0 Å². The number of thioether (sulfide) groups is 1. The first-order chi connectivity index (χ1) is 11.2. The molecule has 0 aliphatic rings. The molecule has 5 nitrogen and oxygen atoms in total. The van der Waals surface area contributed by atoms with Crippen molar-refractivity contribution in [3.8, 4) is 0 Å². The minimum Gasteiger partial charge on any atom is -0.351 e. The quantitative estimate of drug-likeness (QED) is 0.775. The second-order valence-electron chi connectivity index (χ2n) is 6.74. The Morgan fingerprint density at radius 1 is 1.25 bits per heavy atom. The summed E-state index contributed by atoms with van der Waals surface area (Å²) >= 11 is 2.88. The molecule has 0 aliphatic heterocycles. The Balaban J connectivity index is 2.00. The van der Waals surface area contributed by atoms with Gasteiger partial charge in [-0.25, -0.2) is 0 Å². The van der Waals surface area contributed by atoms with Crippen LogP contribution in [0.5, 0.6) is 0 Å². The molecule has 1 atom stereocenters. The second-order valence-corrected chi connectivity index (χ2v) is 9.31. The van der Waals surface area contributed by atoms with Gasteiger partial charge in [-0.15, -0.1) is 10.2 Å². The number of aromatic nitrogens is 2. The smallest absolute Gasteiger partial charge is 0.233 e. The van der Waals surface area contributed by atoms with Crippen molar-refractivity contribution in [3.05, 3.63) is 29.3 Å². The zero-order chi connectivity index (χ0) is 17.9. The zero-order valence-corrected chi connectivity index (χ0v) is 16.6. The summed E-state index contributed by atoms with van der Waals surface area (Å²) < 4.78 is 0.777. The summed E-state index contributed by atoms with van der Waals surface area (Å²) in [6.45, 7) is 12.0. The fourth-order valence-electron chi connectivity index (χ4n) is 1.99. The van der Waals surface area contributed by atoms with E-state index in [9.17, 15) is 4.79 Å². The van der Waals surface area contributed by atoms with Gasteiger partial charge in [0.1, 0.15) is 0 Å². The molecule has 2 aromatic rings. The highest BCUT2D eigenvalue weighted by Crippen LogP contribution is 2.31. The van der Waals surface area contributed by atoms with Gasteiger partial charge >= 0.3 is 0 Å². The molecule has 2 rings (SSSR count). The number of rotatable bonds is 5. The van der Waals surface area contributed by atoms with E-state index in [-0.39, 0.29) is 16.7 Å². The van der Waals surface area contributed by atoms with Crippen LogP contribution >= 0.6 is 23.1 Å². The highest BCUT2D eigenvalue weighted by atomic mass is 32.2. The first-order valence-electron chi connectivity index (χ1n) is 7.81.